The molecule has 0 N–H and O–H groups in total. The van der Waals surface area contributed by atoms with Gasteiger partial charge in [-0.15, -0.1) is 11.6 Å². The highest BCUT2D eigenvalue weighted by Gasteiger charge is 2.14. The fourth-order valence-corrected chi connectivity index (χ4v) is 1.99. The molecular weight excluding hydrogens is 250 g/mol. The molecule has 1 amide bonds. The van der Waals surface area contributed by atoms with Crippen LogP contribution in [0.2, 0.25) is 0 Å². The summed E-state index contributed by atoms with van der Waals surface area (Å²) in [4.78, 5) is 22.3. The number of nitrogens with zero attached hydrogens (tertiary/aromatic N) is 3. The van der Waals surface area contributed by atoms with Gasteiger partial charge in [-0.05, 0) is 25.1 Å². The molecule has 0 saturated carbocycles. The Morgan fingerprint density at radius 3 is 2.67 bits per heavy atom. The van der Waals surface area contributed by atoms with Crippen LogP contribution in [0.1, 0.15) is 17.3 Å². The number of alkyl halides is 1. The zero-order chi connectivity index (χ0) is 13.0. The van der Waals surface area contributed by atoms with Gasteiger partial charge in [-0.25, -0.2) is 0 Å². The number of rotatable bonds is 4. The molecule has 18 heavy (non-hydrogen) atoms. The minimum absolute atomic E-state index is 0.0225. The third kappa shape index (κ3) is 2.59. The molecule has 1 aromatic carbocycles. The molecule has 1 aromatic heterocycles. The van der Waals surface area contributed by atoms with Crippen molar-refractivity contribution in [2.75, 3.05) is 19.0 Å². The summed E-state index contributed by atoms with van der Waals surface area (Å²) < 4.78 is 0. The van der Waals surface area contributed by atoms with Crippen LogP contribution in [0.4, 0.5) is 0 Å². The van der Waals surface area contributed by atoms with Gasteiger partial charge in [0.15, 0.2) is 0 Å². The van der Waals surface area contributed by atoms with E-state index in [9.17, 15) is 4.79 Å². The highest BCUT2D eigenvalue weighted by Crippen LogP contribution is 2.13. The number of hydrogen-bond acceptors (Lipinski definition) is 3. The minimum Gasteiger partial charge on any atom is -0.338 e. The van der Waals surface area contributed by atoms with Gasteiger partial charge >= 0.3 is 0 Å². The molecule has 94 valence electrons. The molecule has 2 aromatic rings. The summed E-state index contributed by atoms with van der Waals surface area (Å²) in [5, 5.41) is 0. The lowest BCUT2D eigenvalue weighted by molar-refractivity contribution is 0.0774. The maximum absolute atomic E-state index is 12.2. The van der Waals surface area contributed by atoms with Gasteiger partial charge in [0.25, 0.3) is 5.91 Å². The topological polar surface area (TPSA) is 46.1 Å². The number of carbonyl (C=O) groups is 1. The highest BCUT2D eigenvalue weighted by molar-refractivity contribution is 6.18. The summed E-state index contributed by atoms with van der Waals surface area (Å²) in [7, 11) is 0. The summed E-state index contributed by atoms with van der Waals surface area (Å²) in [6.07, 6.45) is 3.25. The van der Waals surface area contributed by atoms with E-state index >= 15 is 0 Å². The Labute approximate surface area is 111 Å². The highest BCUT2D eigenvalue weighted by atomic mass is 35.5. The average Bonchev–Trinajstić information content (AvgIpc) is 2.43. The molecule has 0 aliphatic carbocycles. The lowest BCUT2D eigenvalue weighted by Crippen LogP contribution is -2.32. The van der Waals surface area contributed by atoms with Gasteiger partial charge < -0.3 is 4.90 Å². The van der Waals surface area contributed by atoms with Gasteiger partial charge in [0.05, 0.1) is 11.0 Å². The van der Waals surface area contributed by atoms with Crippen molar-refractivity contribution in [3.8, 4) is 0 Å². The monoisotopic (exact) mass is 263 g/mol. The van der Waals surface area contributed by atoms with Crippen molar-refractivity contribution in [2.45, 2.75) is 6.92 Å². The molecule has 0 spiro atoms. The molecule has 0 unspecified atom stereocenters. The fourth-order valence-electron chi connectivity index (χ4n) is 1.78. The Morgan fingerprint density at radius 1 is 1.28 bits per heavy atom. The van der Waals surface area contributed by atoms with Crippen LogP contribution in [0, 0.1) is 0 Å². The van der Waals surface area contributed by atoms with Crippen molar-refractivity contribution >= 4 is 28.5 Å². The Morgan fingerprint density at radius 2 is 2.00 bits per heavy atom. The van der Waals surface area contributed by atoms with E-state index in [1.165, 1.54) is 0 Å². The average molecular weight is 264 g/mol. The number of amides is 1. The van der Waals surface area contributed by atoms with E-state index < -0.39 is 0 Å². The SMILES string of the molecule is CCN(CCCl)C(=O)c1ccc2nccnc2c1. The Bertz CT molecular complexity index is 559. The number of halogens is 1. The van der Waals surface area contributed by atoms with Crippen molar-refractivity contribution in [2.24, 2.45) is 0 Å². The van der Waals surface area contributed by atoms with E-state index in [1.54, 1.807) is 29.4 Å². The van der Waals surface area contributed by atoms with Gasteiger partial charge in [0.2, 0.25) is 0 Å². The maximum atomic E-state index is 12.2. The Balaban J connectivity index is 2.32. The predicted octanol–water partition coefficient (Wildman–Crippen LogP) is 2.33. The van der Waals surface area contributed by atoms with Gasteiger partial charge in [0, 0.05) is 36.9 Å². The van der Waals surface area contributed by atoms with Crippen molar-refractivity contribution in [3.05, 3.63) is 36.2 Å². The molecule has 2 rings (SSSR count). The molecule has 0 saturated heterocycles. The van der Waals surface area contributed by atoms with Gasteiger partial charge in [-0.2, -0.15) is 0 Å². The summed E-state index contributed by atoms with van der Waals surface area (Å²) in [5.74, 6) is 0.415. The molecule has 0 radical (unpaired) electrons. The number of hydrogen-bond donors (Lipinski definition) is 0. The second-order valence-electron chi connectivity index (χ2n) is 3.83. The van der Waals surface area contributed by atoms with Gasteiger partial charge in [-0.1, -0.05) is 0 Å². The van der Waals surface area contributed by atoms with E-state index in [4.69, 9.17) is 11.6 Å². The second kappa shape index (κ2) is 5.78. The zero-order valence-electron chi connectivity index (χ0n) is 10.1. The number of benzene rings is 1. The van der Waals surface area contributed by atoms with Crippen LogP contribution in [0.5, 0.6) is 0 Å². The van der Waals surface area contributed by atoms with Crippen LogP contribution < -0.4 is 0 Å². The minimum atomic E-state index is -0.0225. The van der Waals surface area contributed by atoms with Crippen molar-refractivity contribution in [1.82, 2.24) is 14.9 Å². The van der Waals surface area contributed by atoms with Crippen molar-refractivity contribution < 1.29 is 4.79 Å². The molecule has 0 bridgehead atoms. The van der Waals surface area contributed by atoms with E-state index in [-0.39, 0.29) is 5.91 Å². The molecule has 0 aliphatic heterocycles. The number of aromatic nitrogens is 2. The lowest BCUT2D eigenvalue weighted by Gasteiger charge is -2.19. The van der Waals surface area contributed by atoms with Crippen LogP contribution in [0.15, 0.2) is 30.6 Å². The summed E-state index contributed by atoms with van der Waals surface area (Å²) >= 11 is 5.69. The van der Waals surface area contributed by atoms with Crippen LogP contribution in [-0.2, 0) is 0 Å². The third-order valence-electron chi connectivity index (χ3n) is 2.74. The first-order valence-electron chi connectivity index (χ1n) is 5.82. The smallest absolute Gasteiger partial charge is 0.253 e. The molecule has 4 nitrogen and oxygen atoms in total. The van der Waals surface area contributed by atoms with Gasteiger partial charge in [0.1, 0.15) is 0 Å². The van der Waals surface area contributed by atoms with E-state index in [2.05, 4.69) is 9.97 Å². The zero-order valence-corrected chi connectivity index (χ0v) is 10.9. The Hall–Kier alpha value is -1.68. The first kappa shape index (κ1) is 12.8. The molecule has 1 heterocycles. The summed E-state index contributed by atoms with van der Waals surface area (Å²) in [6.45, 7) is 3.13. The molecule has 0 fully saturated rings. The van der Waals surface area contributed by atoms with Crippen LogP contribution in [0.3, 0.4) is 0 Å². The van der Waals surface area contributed by atoms with Crippen LogP contribution in [-0.4, -0.2) is 39.7 Å². The molecule has 0 atom stereocenters. The van der Waals surface area contributed by atoms with E-state index in [0.717, 1.165) is 11.0 Å². The van der Waals surface area contributed by atoms with Gasteiger partial charge in [-0.3, -0.25) is 14.8 Å². The largest absolute Gasteiger partial charge is 0.338 e. The fraction of sp³-hybridized carbons (Fsp3) is 0.308. The van der Waals surface area contributed by atoms with Crippen molar-refractivity contribution in [3.63, 3.8) is 0 Å². The maximum Gasteiger partial charge on any atom is 0.253 e. The summed E-state index contributed by atoms with van der Waals surface area (Å²) in [5.41, 5.74) is 2.13. The molecule has 5 heteroatoms. The van der Waals surface area contributed by atoms with E-state index in [1.807, 2.05) is 13.0 Å². The Kier molecular flexibility index (Phi) is 4.10. The second-order valence-corrected chi connectivity index (χ2v) is 4.21. The first-order chi connectivity index (χ1) is 8.76. The quantitative estimate of drug-likeness (QED) is 0.796. The van der Waals surface area contributed by atoms with Crippen LogP contribution in [0.25, 0.3) is 11.0 Å². The number of carbonyl (C=O) groups excluding carboxylic acids is 1. The molecular formula is C13H14ClN3O. The van der Waals surface area contributed by atoms with Crippen LogP contribution >= 0.6 is 11.6 Å². The van der Waals surface area contributed by atoms with Crippen molar-refractivity contribution in [1.29, 1.82) is 0 Å². The lowest BCUT2D eigenvalue weighted by atomic mass is 10.1. The van der Waals surface area contributed by atoms with E-state index in [0.29, 0.717) is 24.5 Å². The standard InChI is InChI=1S/C13H14ClN3O/c1-2-17(8-5-14)13(18)10-3-4-11-12(9-10)16-7-6-15-11/h3-4,6-7,9H,2,5,8H2,1H3. The normalized spacial score (nSPS) is 10.6. The molecule has 0 aliphatic rings. The third-order valence-corrected chi connectivity index (χ3v) is 2.91. The number of fused-ring (bicyclic) bond motifs is 1. The predicted molar refractivity (Wildman–Crippen MR) is 71.8 cm³/mol. The summed E-state index contributed by atoms with van der Waals surface area (Å²) in [6, 6.07) is 5.35. The first-order valence-corrected chi connectivity index (χ1v) is 6.35.